The van der Waals surface area contributed by atoms with Crippen molar-refractivity contribution in [2.75, 3.05) is 13.1 Å². The summed E-state index contributed by atoms with van der Waals surface area (Å²) >= 11 is 5.84. The van der Waals surface area contributed by atoms with Crippen molar-refractivity contribution in [1.82, 2.24) is 4.90 Å². The summed E-state index contributed by atoms with van der Waals surface area (Å²) in [6, 6.07) is 7.05. The van der Waals surface area contributed by atoms with Crippen molar-refractivity contribution in [3.05, 3.63) is 29.3 Å². The van der Waals surface area contributed by atoms with Crippen LogP contribution in [0.15, 0.2) is 24.3 Å². The van der Waals surface area contributed by atoms with Crippen LogP contribution in [-0.2, 0) is 4.79 Å². The molecule has 20 heavy (non-hydrogen) atoms. The van der Waals surface area contributed by atoms with Gasteiger partial charge in [0.15, 0.2) is 5.60 Å². The Morgan fingerprint density at radius 1 is 1.30 bits per heavy atom. The zero-order chi connectivity index (χ0) is 15.3. The van der Waals surface area contributed by atoms with Crippen LogP contribution in [0.3, 0.4) is 0 Å². The number of hydrogen-bond acceptors (Lipinski definition) is 2. The minimum Gasteiger partial charge on any atom is -0.478 e. The summed E-state index contributed by atoms with van der Waals surface area (Å²) in [5.41, 5.74) is -0.890. The van der Waals surface area contributed by atoms with E-state index in [-0.39, 0.29) is 5.91 Å². The van der Waals surface area contributed by atoms with Gasteiger partial charge in [0.2, 0.25) is 0 Å². The van der Waals surface area contributed by atoms with Gasteiger partial charge in [-0.1, -0.05) is 25.4 Å². The predicted octanol–water partition coefficient (Wildman–Crippen LogP) is 4.00. The summed E-state index contributed by atoms with van der Waals surface area (Å²) in [7, 11) is 0. The zero-order valence-corrected chi connectivity index (χ0v) is 13.7. The number of rotatable bonds is 6. The molecule has 3 nitrogen and oxygen atoms in total. The van der Waals surface area contributed by atoms with E-state index in [4.69, 9.17) is 16.3 Å². The molecule has 0 saturated carbocycles. The lowest BCUT2D eigenvalue weighted by Gasteiger charge is -2.32. The van der Waals surface area contributed by atoms with Crippen molar-refractivity contribution in [1.29, 1.82) is 0 Å². The molecule has 112 valence electrons. The summed E-state index contributed by atoms with van der Waals surface area (Å²) in [6.45, 7) is 11.2. The highest BCUT2D eigenvalue weighted by Crippen LogP contribution is 2.22. The Hall–Kier alpha value is -1.22. The maximum Gasteiger partial charge on any atom is 0.266 e. The zero-order valence-electron chi connectivity index (χ0n) is 12.9. The number of hydrogen-bond donors (Lipinski definition) is 0. The normalized spacial score (nSPS) is 11.6. The molecule has 1 amide bonds. The summed E-state index contributed by atoms with van der Waals surface area (Å²) in [6.07, 6.45) is 0. The number of ether oxygens (including phenoxy) is 1. The summed E-state index contributed by atoms with van der Waals surface area (Å²) in [5, 5.41) is 0.650. The van der Waals surface area contributed by atoms with E-state index in [9.17, 15) is 4.79 Å². The quantitative estimate of drug-likeness (QED) is 0.794. The van der Waals surface area contributed by atoms with Crippen molar-refractivity contribution in [2.45, 2.75) is 40.2 Å². The number of nitrogens with zero attached hydrogens (tertiary/aromatic N) is 1. The van der Waals surface area contributed by atoms with Gasteiger partial charge in [0.25, 0.3) is 5.91 Å². The first-order valence-electron chi connectivity index (χ1n) is 7.00. The molecule has 0 N–H and O–H groups in total. The fraction of sp³-hybridized carbons (Fsp3) is 0.562. The smallest absolute Gasteiger partial charge is 0.266 e. The largest absolute Gasteiger partial charge is 0.478 e. The van der Waals surface area contributed by atoms with Gasteiger partial charge in [0.05, 0.1) is 0 Å². The Balaban J connectivity index is 2.80. The highest BCUT2D eigenvalue weighted by atomic mass is 35.5. The molecule has 0 spiro atoms. The van der Waals surface area contributed by atoms with Crippen LogP contribution < -0.4 is 4.74 Å². The van der Waals surface area contributed by atoms with Crippen LogP contribution in [0.5, 0.6) is 5.75 Å². The van der Waals surface area contributed by atoms with E-state index >= 15 is 0 Å². The monoisotopic (exact) mass is 297 g/mol. The van der Waals surface area contributed by atoms with Gasteiger partial charge < -0.3 is 9.64 Å². The Labute approximate surface area is 126 Å². The Morgan fingerprint density at radius 2 is 1.85 bits per heavy atom. The molecule has 0 aliphatic rings. The molecule has 0 atom stereocenters. The molecule has 1 aromatic carbocycles. The number of carbonyl (C=O) groups is 1. The standard InChI is InChI=1S/C16H24ClNO2/c1-6-18(11-12(2)3)15(19)16(4,5)20-14-9-7-13(17)8-10-14/h7-10,12H,6,11H2,1-5H3. The van der Waals surface area contributed by atoms with Crippen molar-refractivity contribution in [2.24, 2.45) is 5.92 Å². The number of benzene rings is 1. The van der Waals surface area contributed by atoms with Gasteiger partial charge in [0, 0.05) is 18.1 Å². The van der Waals surface area contributed by atoms with Crippen molar-refractivity contribution >= 4 is 17.5 Å². The van der Waals surface area contributed by atoms with Gasteiger partial charge in [-0.05, 0) is 51.0 Å². The average Bonchev–Trinajstić information content (AvgIpc) is 2.37. The van der Waals surface area contributed by atoms with Gasteiger partial charge in [-0.25, -0.2) is 0 Å². The van der Waals surface area contributed by atoms with E-state index in [1.165, 1.54) is 0 Å². The maximum atomic E-state index is 12.6. The van der Waals surface area contributed by atoms with E-state index in [0.29, 0.717) is 23.2 Å². The Kier molecular flexibility index (Phi) is 5.88. The van der Waals surface area contributed by atoms with Gasteiger partial charge >= 0.3 is 0 Å². The molecule has 0 heterocycles. The highest BCUT2D eigenvalue weighted by molar-refractivity contribution is 6.30. The molecular formula is C16H24ClNO2. The SMILES string of the molecule is CCN(CC(C)C)C(=O)C(C)(C)Oc1ccc(Cl)cc1. The molecule has 0 radical (unpaired) electrons. The van der Waals surface area contributed by atoms with Crippen LogP contribution in [0.25, 0.3) is 0 Å². The molecule has 1 rings (SSSR count). The van der Waals surface area contributed by atoms with E-state index in [1.807, 2.05) is 11.8 Å². The first-order valence-corrected chi connectivity index (χ1v) is 7.38. The predicted molar refractivity (Wildman–Crippen MR) is 83.3 cm³/mol. The van der Waals surface area contributed by atoms with Gasteiger partial charge in [-0.2, -0.15) is 0 Å². The molecule has 0 aliphatic heterocycles. The van der Waals surface area contributed by atoms with Crippen LogP contribution in [0.2, 0.25) is 5.02 Å². The Bertz CT molecular complexity index is 440. The molecule has 0 aromatic heterocycles. The number of halogens is 1. The van der Waals surface area contributed by atoms with E-state index in [0.717, 1.165) is 6.54 Å². The lowest BCUT2D eigenvalue weighted by atomic mass is 10.1. The minimum absolute atomic E-state index is 0.00338. The third kappa shape index (κ3) is 4.71. The van der Waals surface area contributed by atoms with E-state index in [1.54, 1.807) is 38.1 Å². The third-order valence-corrected chi connectivity index (χ3v) is 3.21. The minimum atomic E-state index is -0.890. The summed E-state index contributed by atoms with van der Waals surface area (Å²) < 4.78 is 5.83. The molecule has 0 aliphatic carbocycles. The fourth-order valence-electron chi connectivity index (χ4n) is 2.02. The van der Waals surface area contributed by atoms with Crippen molar-refractivity contribution in [3.8, 4) is 5.75 Å². The molecular weight excluding hydrogens is 274 g/mol. The number of amides is 1. The van der Waals surface area contributed by atoms with Gasteiger partial charge in [-0.15, -0.1) is 0 Å². The molecule has 0 fully saturated rings. The number of likely N-dealkylation sites (N-methyl/N-ethyl adjacent to an activating group) is 1. The first-order chi connectivity index (χ1) is 9.26. The van der Waals surface area contributed by atoms with E-state index < -0.39 is 5.60 Å². The summed E-state index contributed by atoms with van der Waals surface area (Å²) in [4.78, 5) is 14.4. The lowest BCUT2D eigenvalue weighted by Crippen LogP contribution is -2.49. The van der Waals surface area contributed by atoms with Gasteiger partial charge in [0.1, 0.15) is 5.75 Å². The second kappa shape index (κ2) is 6.98. The average molecular weight is 298 g/mol. The van der Waals surface area contributed by atoms with Crippen LogP contribution in [0, 0.1) is 5.92 Å². The van der Waals surface area contributed by atoms with Crippen LogP contribution >= 0.6 is 11.6 Å². The second-order valence-electron chi connectivity index (χ2n) is 5.80. The lowest BCUT2D eigenvalue weighted by molar-refractivity contribution is -0.145. The Morgan fingerprint density at radius 3 is 2.30 bits per heavy atom. The molecule has 4 heteroatoms. The third-order valence-electron chi connectivity index (χ3n) is 2.96. The van der Waals surface area contributed by atoms with Crippen LogP contribution in [0.1, 0.15) is 34.6 Å². The fourth-order valence-corrected chi connectivity index (χ4v) is 2.14. The maximum absolute atomic E-state index is 12.6. The van der Waals surface area contributed by atoms with Crippen LogP contribution in [0.4, 0.5) is 0 Å². The van der Waals surface area contributed by atoms with Crippen molar-refractivity contribution in [3.63, 3.8) is 0 Å². The topological polar surface area (TPSA) is 29.5 Å². The second-order valence-corrected chi connectivity index (χ2v) is 6.24. The molecule has 0 bridgehead atoms. The summed E-state index contributed by atoms with van der Waals surface area (Å²) in [5.74, 6) is 1.09. The number of carbonyl (C=O) groups excluding carboxylic acids is 1. The van der Waals surface area contributed by atoms with Gasteiger partial charge in [-0.3, -0.25) is 4.79 Å². The molecule has 0 unspecified atom stereocenters. The van der Waals surface area contributed by atoms with Crippen LogP contribution in [-0.4, -0.2) is 29.5 Å². The molecule has 1 aromatic rings. The highest BCUT2D eigenvalue weighted by Gasteiger charge is 2.33. The van der Waals surface area contributed by atoms with E-state index in [2.05, 4.69) is 13.8 Å². The van der Waals surface area contributed by atoms with Crippen molar-refractivity contribution < 1.29 is 9.53 Å². The molecule has 0 saturated heterocycles. The first kappa shape index (κ1) is 16.8.